The third kappa shape index (κ3) is 7.32. The van der Waals surface area contributed by atoms with Crippen LogP contribution in [-0.4, -0.2) is 36.8 Å². The molecule has 0 spiro atoms. The summed E-state index contributed by atoms with van der Waals surface area (Å²) in [5.41, 5.74) is 0. The van der Waals surface area contributed by atoms with Crippen molar-refractivity contribution in [2.45, 2.75) is 19.4 Å². The van der Waals surface area contributed by atoms with Gasteiger partial charge in [-0.1, -0.05) is 5.92 Å². The lowest BCUT2D eigenvalue weighted by atomic mass is 10.2. The summed E-state index contributed by atoms with van der Waals surface area (Å²) in [7, 11) is 0. The van der Waals surface area contributed by atoms with Crippen molar-refractivity contribution in [3.8, 4) is 12.3 Å². The van der Waals surface area contributed by atoms with E-state index in [1.165, 1.54) is 0 Å². The van der Waals surface area contributed by atoms with E-state index in [2.05, 4.69) is 16.6 Å². The predicted molar refractivity (Wildman–Crippen MR) is 51.0 cm³/mol. The van der Waals surface area contributed by atoms with Gasteiger partial charge < -0.3 is 10.4 Å². The van der Waals surface area contributed by atoms with Crippen molar-refractivity contribution in [3.63, 3.8) is 0 Å². The van der Waals surface area contributed by atoms with Gasteiger partial charge in [-0.3, -0.25) is 10.1 Å². The zero-order valence-electron chi connectivity index (χ0n) is 7.84. The van der Waals surface area contributed by atoms with Gasteiger partial charge in [0.05, 0.1) is 13.1 Å². The molecule has 1 unspecified atom stereocenters. The van der Waals surface area contributed by atoms with Crippen LogP contribution >= 0.6 is 0 Å². The molecule has 3 N–H and O–H groups in total. The molecule has 0 aromatic heterocycles. The second kappa shape index (κ2) is 7.59. The highest BCUT2D eigenvalue weighted by Gasteiger charge is 2.04. The Bertz CT molecular complexity index is 187. The number of aliphatic hydroxyl groups excluding tert-OH is 1. The van der Waals surface area contributed by atoms with E-state index in [1.54, 1.807) is 0 Å². The summed E-state index contributed by atoms with van der Waals surface area (Å²) in [4.78, 5) is 11.1. The molecule has 13 heavy (non-hydrogen) atoms. The number of hydrogen-bond donors (Lipinski definition) is 3. The Labute approximate surface area is 78.7 Å². The summed E-state index contributed by atoms with van der Waals surface area (Å²) >= 11 is 0. The van der Waals surface area contributed by atoms with E-state index in [9.17, 15) is 4.79 Å². The maximum atomic E-state index is 11.1. The van der Waals surface area contributed by atoms with Gasteiger partial charge in [-0.25, -0.2) is 0 Å². The molecule has 0 fully saturated rings. The van der Waals surface area contributed by atoms with Gasteiger partial charge in [0.15, 0.2) is 0 Å². The van der Waals surface area contributed by atoms with Crippen molar-refractivity contribution >= 4 is 5.91 Å². The quantitative estimate of drug-likeness (QED) is 0.370. The summed E-state index contributed by atoms with van der Waals surface area (Å²) in [6, 6.07) is 0.00476. The number of carbonyl (C=O) groups is 1. The molecule has 0 heterocycles. The number of amides is 1. The highest BCUT2D eigenvalue weighted by atomic mass is 16.3. The number of terminal acetylenes is 1. The lowest BCUT2D eigenvalue weighted by molar-refractivity contribution is -0.120. The molecule has 4 nitrogen and oxygen atoms in total. The van der Waals surface area contributed by atoms with Crippen molar-refractivity contribution in [1.82, 2.24) is 10.6 Å². The Balaban J connectivity index is 3.45. The highest BCUT2D eigenvalue weighted by Crippen LogP contribution is 1.87. The molecule has 0 saturated carbocycles. The van der Waals surface area contributed by atoms with Crippen molar-refractivity contribution in [3.05, 3.63) is 0 Å². The number of carbonyl (C=O) groups excluding carboxylic acids is 1. The molecule has 4 heteroatoms. The molecular formula is C9H16N2O2. The Hall–Kier alpha value is -1.05. The van der Waals surface area contributed by atoms with E-state index in [0.717, 1.165) is 0 Å². The average molecular weight is 184 g/mol. The Morgan fingerprint density at radius 1 is 1.69 bits per heavy atom. The van der Waals surface area contributed by atoms with Gasteiger partial charge in [0.1, 0.15) is 0 Å². The predicted octanol–water partition coefficient (Wildman–Crippen LogP) is -0.904. The van der Waals surface area contributed by atoms with E-state index >= 15 is 0 Å². The van der Waals surface area contributed by atoms with Crippen LogP contribution < -0.4 is 10.6 Å². The van der Waals surface area contributed by atoms with Crippen LogP contribution in [0.25, 0.3) is 0 Å². The number of aliphatic hydroxyl groups is 1. The molecule has 0 saturated heterocycles. The van der Waals surface area contributed by atoms with E-state index < -0.39 is 0 Å². The zero-order valence-corrected chi connectivity index (χ0v) is 7.84. The van der Waals surface area contributed by atoms with Crippen LogP contribution in [0.5, 0.6) is 0 Å². The first-order chi connectivity index (χ1) is 6.20. The van der Waals surface area contributed by atoms with Gasteiger partial charge in [-0.15, -0.1) is 6.42 Å². The minimum Gasteiger partial charge on any atom is -0.396 e. The summed E-state index contributed by atoms with van der Waals surface area (Å²) in [5.74, 6) is 2.27. The first-order valence-electron chi connectivity index (χ1n) is 4.25. The largest absolute Gasteiger partial charge is 0.396 e. The van der Waals surface area contributed by atoms with E-state index in [4.69, 9.17) is 11.5 Å². The van der Waals surface area contributed by atoms with Gasteiger partial charge in [0.2, 0.25) is 5.91 Å². The van der Waals surface area contributed by atoms with Crippen LogP contribution in [0.3, 0.4) is 0 Å². The van der Waals surface area contributed by atoms with E-state index in [0.29, 0.717) is 13.0 Å². The minimum atomic E-state index is -0.101. The SMILES string of the molecule is C#CCNCC(=O)NC(C)CCO. The molecule has 0 aliphatic carbocycles. The van der Waals surface area contributed by atoms with Crippen LogP contribution in [-0.2, 0) is 4.79 Å². The second-order valence-electron chi connectivity index (χ2n) is 2.79. The third-order valence-corrected chi connectivity index (χ3v) is 1.48. The van der Waals surface area contributed by atoms with Crippen LogP contribution in [0.4, 0.5) is 0 Å². The van der Waals surface area contributed by atoms with Crippen LogP contribution in [0, 0.1) is 12.3 Å². The van der Waals surface area contributed by atoms with Crippen molar-refractivity contribution in [2.75, 3.05) is 19.7 Å². The maximum Gasteiger partial charge on any atom is 0.234 e. The Morgan fingerprint density at radius 2 is 2.38 bits per heavy atom. The summed E-state index contributed by atoms with van der Waals surface area (Å²) < 4.78 is 0. The standard InChI is InChI=1S/C9H16N2O2/c1-3-5-10-7-9(13)11-8(2)4-6-12/h1,8,10,12H,4-7H2,2H3,(H,11,13). The zero-order chi connectivity index (χ0) is 10.1. The van der Waals surface area contributed by atoms with Crippen molar-refractivity contribution in [1.29, 1.82) is 0 Å². The van der Waals surface area contributed by atoms with Gasteiger partial charge in [0, 0.05) is 12.6 Å². The molecule has 1 amide bonds. The first-order valence-corrected chi connectivity index (χ1v) is 4.25. The molecule has 0 radical (unpaired) electrons. The van der Waals surface area contributed by atoms with Gasteiger partial charge in [-0.05, 0) is 13.3 Å². The smallest absolute Gasteiger partial charge is 0.234 e. The molecule has 0 aliphatic rings. The molecule has 0 aromatic carbocycles. The molecule has 0 aliphatic heterocycles. The van der Waals surface area contributed by atoms with Crippen LogP contribution in [0.15, 0.2) is 0 Å². The maximum absolute atomic E-state index is 11.1. The monoisotopic (exact) mass is 184 g/mol. The third-order valence-electron chi connectivity index (χ3n) is 1.48. The first kappa shape index (κ1) is 11.9. The summed E-state index contributed by atoms with van der Waals surface area (Å²) in [6.45, 7) is 2.54. The normalized spacial score (nSPS) is 11.8. The summed E-state index contributed by atoms with van der Waals surface area (Å²) in [5, 5.41) is 14.1. The number of hydrogen-bond acceptors (Lipinski definition) is 3. The van der Waals surface area contributed by atoms with E-state index in [-0.39, 0.29) is 25.1 Å². The van der Waals surface area contributed by atoms with Crippen LogP contribution in [0.2, 0.25) is 0 Å². The Morgan fingerprint density at radius 3 is 2.92 bits per heavy atom. The minimum absolute atomic E-state index is 0.00476. The van der Waals surface area contributed by atoms with Crippen molar-refractivity contribution < 1.29 is 9.90 Å². The van der Waals surface area contributed by atoms with E-state index in [1.807, 2.05) is 6.92 Å². The van der Waals surface area contributed by atoms with Crippen molar-refractivity contribution in [2.24, 2.45) is 0 Å². The molecule has 0 aromatic rings. The fourth-order valence-corrected chi connectivity index (χ4v) is 0.840. The highest BCUT2D eigenvalue weighted by molar-refractivity contribution is 5.78. The summed E-state index contributed by atoms with van der Waals surface area (Å²) in [6.07, 6.45) is 5.56. The number of rotatable bonds is 6. The molecule has 0 bridgehead atoms. The van der Waals surface area contributed by atoms with Crippen LogP contribution in [0.1, 0.15) is 13.3 Å². The molecule has 74 valence electrons. The lowest BCUT2D eigenvalue weighted by Crippen LogP contribution is -2.39. The number of nitrogens with one attached hydrogen (secondary N) is 2. The fourth-order valence-electron chi connectivity index (χ4n) is 0.840. The Kier molecular flexibility index (Phi) is 6.98. The van der Waals surface area contributed by atoms with Gasteiger partial charge >= 0.3 is 0 Å². The van der Waals surface area contributed by atoms with Gasteiger partial charge in [-0.2, -0.15) is 0 Å². The average Bonchev–Trinajstić information content (AvgIpc) is 2.05. The van der Waals surface area contributed by atoms with Gasteiger partial charge in [0.25, 0.3) is 0 Å². The molecular weight excluding hydrogens is 168 g/mol. The fraction of sp³-hybridized carbons (Fsp3) is 0.667. The lowest BCUT2D eigenvalue weighted by Gasteiger charge is -2.11. The second-order valence-corrected chi connectivity index (χ2v) is 2.79. The molecule has 0 rings (SSSR count). The molecule has 1 atom stereocenters. The topological polar surface area (TPSA) is 61.4 Å².